The maximum absolute atomic E-state index is 10.8. The molecule has 1 rings (SSSR count). The summed E-state index contributed by atoms with van der Waals surface area (Å²) >= 11 is 0. The van der Waals surface area contributed by atoms with Crippen LogP contribution in [0.15, 0.2) is 18.5 Å². The highest BCUT2D eigenvalue weighted by atomic mass is 16.1. The molecule has 0 aliphatic rings. The summed E-state index contributed by atoms with van der Waals surface area (Å²) in [6.07, 6.45) is 3.38. The van der Waals surface area contributed by atoms with Crippen molar-refractivity contribution < 1.29 is 4.79 Å². The number of hydrogen-bond donors (Lipinski definition) is 3. The fourth-order valence-corrected chi connectivity index (χ4v) is 1.14. The van der Waals surface area contributed by atoms with E-state index in [0.29, 0.717) is 0 Å². The van der Waals surface area contributed by atoms with Crippen LogP contribution < -0.4 is 16.4 Å². The highest BCUT2D eigenvalue weighted by Crippen LogP contribution is 2.13. The summed E-state index contributed by atoms with van der Waals surface area (Å²) in [6, 6.07) is 1.49. The molecule has 1 heterocycles. The summed E-state index contributed by atoms with van der Waals surface area (Å²) in [5, 5.41) is 6.09. The van der Waals surface area contributed by atoms with Crippen molar-refractivity contribution in [1.29, 1.82) is 0 Å². The lowest BCUT2D eigenvalue weighted by Gasteiger charge is -2.12. The van der Waals surface area contributed by atoms with E-state index in [2.05, 4.69) is 15.6 Å². The number of rotatable bonds is 5. The standard InChI is InChI=1S/C10H16N4O/c1-3-13-8-4-9(6-12-5-8)14-7(2)10(11)15/h4-7,13-14H,3H2,1-2H3,(H2,11,15). The summed E-state index contributed by atoms with van der Waals surface area (Å²) in [5.41, 5.74) is 6.84. The van der Waals surface area contributed by atoms with Gasteiger partial charge in [0.15, 0.2) is 0 Å². The highest BCUT2D eigenvalue weighted by molar-refractivity contribution is 5.82. The fraction of sp³-hybridized carbons (Fsp3) is 0.400. The van der Waals surface area contributed by atoms with Crippen LogP contribution in [0.5, 0.6) is 0 Å². The number of nitrogens with two attached hydrogens (primary N) is 1. The van der Waals surface area contributed by atoms with E-state index in [-0.39, 0.29) is 5.91 Å². The summed E-state index contributed by atoms with van der Waals surface area (Å²) in [4.78, 5) is 14.9. The van der Waals surface area contributed by atoms with Gasteiger partial charge in [0, 0.05) is 6.54 Å². The number of nitrogens with zero attached hydrogens (tertiary/aromatic N) is 1. The summed E-state index contributed by atoms with van der Waals surface area (Å²) in [7, 11) is 0. The van der Waals surface area contributed by atoms with Crippen LogP contribution in [0.2, 0.25) is 0 Å². The molecular weight excluding hydrogens is 192 g/mol. The van der Waals surface area contributed by atoms with E-state index >= 15 is 0 Å². The predicted molar refractivity (Wildman–Crippen MR) is 60.7 cm³/mol. The third kappa shape index (κ3) is 3.46. The van der Waals surface area contributed by atoms with Gasteiger partial charge in [-0.15, -0.1) is 0 Å². The fourth-order valence-electron chi connectivity index (χ4n) is 1.14. The Morgan fingerprint density at radius 3 is 2.80 bits per heavy atom. The van der Waals surface area contributed by atoms with Crippen LogP contribution in [0.1, 0.15) is 13.8 Å². The number of aromatic nitrogens is 1. The number of primary amides is 1. The van der Waals surface area contributed by atoms with Crippen LogP contribution in [0.3, 0.4) is 0 Å². The van der Waals surface area contributed by atoms with E-state index < -0.39 is 6.04 Å². The zero-order valence-corrected chi connectivity index (χ0v) is 8.95. The molecular formula is C10H16N4O. The molecule has 0 aliphatic heterocycles. The van der Waals surface area contributed by atoms with E-state index in [9.17, 15) is 4.79 Å². The minimum Gasteiger partial charge on any atom is -0.384 e. The van der Waals surface area contributed by atoms with Crippen LogP contribution in [-0.2, 0) is 4.79 Å². The normalized spacial score (nSPS) is 11.9. The Bertz CT molecular complexity index is 340. The average molecular weight is 208 g/mol. The van der Waals surface area contributed by atoms with Crippen molar-refractivity contribution in [3.63, 3.8) is 0 Å². The van der Waals surface area contributed by atoms with Gasteiger partial charge in [-0.2, -0.15) is 0 Å². The van der Waals surface area contributed by atoms with Crippen molar-refractivity contribution in [2.75, 3.05) is 17.2 Å². The second-order valence-corrected chi connectivity index (χ2v) is 3.26. The van der Waals surface area contributed by atoms with E-state index in [1.807, 2.05) is 13.0 Å². The SMILES string of the molecule is CCNc1cncc(NC(C)C(N)=O)c1. The molecule has 4 N–H and O–H groups in total. The number of carbonyl (C=O) groups excluding carboxylic acids is 1. The first kappa shape index (κ1) is 11.3. The van der Waals surface area contributed by atoms with Crippen LogP contribution in [0, 0.1) is 0 Å². The monoisotopic (exact) mass is 208 g/mol. The topological polar surface area (TPSA) is 80.0 Å². The van der Waals surface area contributed by atoms with E-state index in [0.717, 1.165) is 17.9 Å². The number of carbonyl (C=O) groups is 1. The quantitative estimate of drug-likeness (QED) is 0.668. The molecule has 0 aromatic carbocycles. The highest BCUT2D eigenvalue weighted by Gasteiger charge is 2.07. The minimum absolute atomic E-state index is 0.385. The third-order valence-corrected chi connectivity index (χ3v) is 1.93. The molecule has 1 aromatic rings. The minimum atomic E-state index is -0.399. The number of pyridine rings is 1. The molecule has 5 heteroatoms. The van der Waals surface area contributed by atoms with Crippen molar-refractivity contribution >= 4 is 17.3 Å². The van der Waals surface area contributed by atoms with Gasteiger partial charge in [-0.25, -0.2) is 0 Å². The largest absolute Gasteiger partial charge is 0.384 e. The van der Waals surface area contributed by atoms with E-state index in [1.165, 1.54) is 0 Å². The molecule has 5 nitrogen and oxygen atoms in total. The first-order valence-corrected chi connectivity index (χ1v) is 4.88. The van der Waals surface area contributed by atoms with Crippen molar-refractivity contribution in [3.8, 4) is 0 Å². The molecule has 82 valence electrons. The number of hydrogen-bond acceptors (Lipinski definition) is 4. The lowest BCUT2D eigenvalue weighted by Crippen LogP contribution is -2.32. The van der Waals surface area contributed by atoms with Gasteiger partial charge >= 0.3 is 0 Å². The second kappa shape index (κ2) is 5.19. The third-order valence-electron chi connectivity index (χ3n) is 1.93. The molecule has 15 heavy (non-hydrogen) atoms. The van der Waals surface area contributed by atoms with Gasteiger partial charge in [-0.05, 0) is 19.9 Å². The molecule has 1 amide bonds. The molecule has 1 unspecified atom stereocenters. The van der Waals surface area contributed by atoms with Crippen LogP contribution >= 0.6 is 0 Å². The summed E-state index contributed by atoms with van der Waals surface area (Å²) < 4.78 is 0. The zero-order chi connectivity index (χ0) is 11.3. The molecule has 0 radical (unpaired) electrons. The van der Waals surface area contributed by atoms with Crippen molar-refractivity contribution in [2.45, 2.75) is 19.9 Å². The molecule has 0 bridgehead atoms. The van der Waals surface area contributed by atoms with Gasteiger partial charge in [0.25, 0.3) is 0 Å². The summed E-state index contributed by atoms with van der Waals surface area (Å²) in [6.45, 7) is 4.55. The smallest absolute Gasteiger partial charge is 0.239 e. The summed E-state index contributed by atoms with van der Waals surface area (Å²) in [5.74, 6) is -0.385. The average Bonchev–Trinajstić information content (AvgIpc) is 2.18. The van der Waals surface area contributed by atoms with Gasteiger partial charge in [-0.3, -0.25) is 9.78 Å². The van der Waals surface area contributed by atoms with E-state index in [4.69, 9.17) is 5.73 Å². The lowest BCUT2D eigenvalue weighted by atomic mass is 10.3. The molecule has 0 saturated heterocycles. The number of amides is 1. The second-order valence-electron chi connectivity index (χ2n) is 3.26. The maximum atomic E-state index is 10.8. The Hall–Kier alpha value is -1.78. The predicted octanol–water partition coefficient (Wildman–Crippen LogP) is 0.799. The Kier molecular flexibility index (Phi) is 3.91. The van der Waals surface area contributed by atoms with Gasteiger partial charge in [-0.1, -0.05) is 0 Å². The molecule has 0 saturated carbocycles. The molecule has 0 spiro atoms. The molecule has 0 aliphatic carbocycles. The van der Waals surface area contributed by atoms with Crippen molar-refractivity contribution in [1.82, 2.24) is 4.98 Å². The first-order chi connectivity index (χ1) is 7.13. The van der Waals surface area contributed by atoms with Crippen LogP contribution in [0.25, 0.3) is 0 Å². The Balaban J connectivity index is 2.68. The van der Waals surface area contributed by atoms with Gasteiger partial charge in [0.05, 0.1) is 23.8 Å². The van der Waals surface area contributed by atoms with Gasteiger partial charge < -0.3 is 16.4 Å². The van der Waals surface area contributed by atoms with Crippen molar-refractivity contribution in [2.24, 2.45) is 5.73 Å². The van der Waals surface area contributed by atoms with Crippen LogP contribution in [-0.4, -0.2) is 23.5 Å². The van der Waals surface area contributed by atoms with Crippen molar-refractivity contribution in [3.05, 3.63) is 18.5 Å². The maximum Gasteiger partial charge on any atom is 0.239 e. The Morgan fingerprint density at radius 1 is 1.53 bits per heavy atom. The lowest BCUT2D eigenvalue weighted by molar-refractivity contribution is -0.118. The Labute approximate surface area is 89.1 Å². The Morgan fingerprint density at radius 2 is 2.20 bits per heavy atom. The van der Waals surface area contributed by atoms with Gasteiger partial charge in [0.1, 0.15) is 6.04 Å². The van der Waals surface area contributed by atoms with E-state index in [1.54, 1.807) is 19.3 Å². The first-order valence-electron chi connectivity index (χ1n) is 4.88. The molecule has 1 aromatic heterocycles. The van der Waals surface area contributed by atoms with Crippen LogP contribution in [0.4, 0.5) is 11.4 Å². The number of anilines is 2. The van der Waals surface area contributed by atoms with Gasteiger partial charge in [0.2, 0.25) is 5.91 Å². The number of nitrogens with one attached hydrogen (secondary N) is 2. The molecule has 1 atom stereocenters. The molecule has 0 fully saturated rings. The zero-order valence-electron chi connectivity index (χ0n) is 8.95.